The first-order valence-corrected chi connectivity index (χ1v) is 16.1. The number of nitrogens with zero attached hydrogens (tertiary/aromatic N) is 1. The highest BCUT2D eigenvalue weighted by molar-refractivity contribution is 7.89. The second-order valence-corrected chi connectivity index (χ2v) is 12.7. The first-order valence-electron chi connectivity index (χ1n) is 14.2. The van der Waals surface area contributed by atoms with Gasteiger partial charge in [-0.15, -0.1) is 0 Å². The maximum absolute atomic E-state index is 13.8. The molecule has 10 heteroatoms. The molecule has 0 aromatic heterocycles. The minimum atomic E-state index is -3.55. The van der Waals surface area contributed by atoms with Gasteiger partial charge in [0.1, 0.15) is 6.04 Å². The van der Waals surface area contributed by atoms with Crippen LogP contribution < -0.4 is 10.0 Å². The summed E-state index contributed by atoms with van der Waals surface area (Å²) in [5.74, 6) is -0.403. The van der Waals surface area contributed by atoms with E-state index in [2.05, 4.69) is 10.0 Å². The van der Waals surface area contributed by atoms with Gasteiger partial charge in [-0.2, -0.15) is 0 Å². The second-order valence-electron chi connectivity index (χ2n) is 10.5. The van der Waals surface area contributed by atoms with Crippen LogP contribution in [0.2, 0.25) is 5.02 Å². The third kappa shape index (κ3) is 9.66. The van der Waals surface area contributed by atoms with Crippen molar-refractivity contribution in [2.24, 2.45) is 0 Å². The molecule has 3 aromatic carbocycles. The molecular weight excluding hydrogens is 574 g/mol. The first kappa shape index (κ1) is 31.7. The van der Waals surface area contributed by atoms with Crippen molar-refractivity contribution in [3.63, 3.8) is 0 Å². The third-order valence-corrected chi connectivity index (χ3v) is 8.91. The molecule has 3 aromatic rings. The highest BCUT2D eigenvalue weighted by Crippen LogP contribution is 2.23. The van der Waals surface area contributed by atoms with Crippen LogP contribution in [0.4, 0.5) is 0 Å². The van der Waals surface area contributed by atoms with Crippen LogP contribution in [-0.2, 0) is 43.7 Å². The zero-order valence-corrected chi connectivity index (χ0v) is 25.4. The summed E-state index contributed by atoms with van der Waals surface area (Å²) in [6.45, 7) is 1.20. The average molecular weight is 612 g/mol. The summed E-state index contributed by atoms with van der Waals surface area (Å²) in [4.78, 5) is 29.3. The largest absolute Gasteiger partial charge is 0.385 e. The number of carbonyl (C=O) groups excluding carboxylic acids is 2. The third-order valence-electron chi connectivity index (χ3n) is 7.12. The Morgan fingerprint density at radius 1 is 0.952 bits per heavy atom. The molecule has 4 rings (SSSR count). The SMILES string of the molecule is COCCCNC(=O)[C@@H](Cc1ccccc1)N(Cc1ccc(Cl)cc1)C(=O)CCc1ccc(S(=O)(=O)NC2CC2)cc1. The Kier molecular flexibility index (Phi) is 11.5. The van der Waals surface area contributed by atoms with Crippen molar-refractivity contribution >= 4 is 33.4 Å². The Morgan fingerprint density at radius 2 is 1.62 bits per heavy atom. The number of rotatable bonds is 16. The molecule has 0 heterocycles. The lowest BCUT2D eigenvalue weighted by atomic mass is 10.0. The molecule has 1 fully saturated rings. The number of methoxy groups -OCH3 is 1. The maximum atomic E-state index is 13.8. The van der Waals surface area contributed by atoms with Crippen LogP contribution in [0.5, 0.6) is 0 Å². The lowest BCUT2D eigenvalue weighted by Crippen LogP contribution is -2.50. The molecule has 2 N–H and O–H groups in total. The fraction of sp³-hybridized carbons (Fsp3) is 0.375. The predicted molar refractivity (Wildman–Crippen MR) is 164 cm³/mol. The van der Waals surface area contributed by atoms with E-state index in [-0.39, 0.29) is 35.7 Å². The smallest absolute Gasteiger partial charge is 0.243 e. The Balaban J connectivity index is 1.52. The normalized spacial score (nSPS) is 13.9. The molecule has 2 amide bonds. The van der Waals surface area contributed by atoms with Crippen LogP contribution in [0.1, 0.15) is 42.4 Å². The van der Waals surface area contributed by atoms with Crippen molar-refractivity contribution in [3.8, 4) is 0 Å². The molecule has 0 bridgehead atoms. The number of benzene rings is 3. The van der Waals surface area contributed by atoms with E-state index in [9.17, 15) is 18.0 Å². The summed E-state index contributed by atoms with van der Waals surface area (Å²) in [5, 5.41) is 3.57. The Morgan fingerprint density at radius 3 is 2.26 bits per heavy atom. The molecule has 1 aliphatic carbocycles. The number of nitrogens with one attached hydrogen (secondary N) is 2. The number of ether oxygens (including phenoxy) is 1. The van der Waals surface area contributed by atoms with Crippen molar-refractivity contribution < 1.29 is 22.7 Å². The van der Waals surface area contributed by atoms with Crippen LogP contribution in [0, 0.1) is 0 Å². The summed E-state index contributed by atoms with van der Waals surface area (Å²) >= 11 is 6.10. The van der Waals surface area contributed by atoms with Crippen molar-refractivity contribution in [2.75, 3.05) is 20.3 Å². The lowest BCUT2D eigenvalue weighted by Gasteiger charge is -2.31. The molecule has 0 aliphatic heterocycles. The molecule has 0 saturated heterocycles. The number of carbonyl (C=O) groups is 2. The molecule has 1 aliphatic rings. The summed E-state index contributed by atoms with van der Waals surface area (Å²) in [6, 6.07) is 22.8. The van der Waals surface area contributed by atoms with Gasteiger partial charge in [0.2, 0.25) is 21.8 Å². The van der Waals surface area contributed by atoms with E-state index in [1.807, 2.05) is 42.5 Å². The summed E-state index contributed by atoms with van der Waals surface area (Å²) in [6.07, 6.45) is 3.30. The van der Waals surface area contributed by atoms with Gasteiger partial charge in [0.25, 0.3) is 0 Å². The molecule has 42 heavy (non-hydrogen) atoms. The van der Waals surface area contributed by atoms with Gasteiger partial charge in [0.05, 0.1) is 4.90 Å². The molecule has 0 spiro atoms. The van der Waals surface area contributed by atoms with Crippen LogP contribution >= 0.6 is 11.6 Å². The van der Waals surface area contributed by atoms with Gasteiger partial charge in [0.15, 0.2) is 0 Å². The lowest BCUT2D eigenvalue weighted by molar-refractivity contribution is -0.141. The zero-order chi connectivity index (χ0) is 30.0. The van der Waals surface area contributed by atoms with Crippen molar-refractivity contribution in [2.45, 2.75) is 62.0 Å². The highest BCUT2D eigenvalue weighted by Gasteiger charge is 2.30. The standard InChI is InChI=1S/C32H38ClN3O5S/c1-41-21-5-20-34-32(38)30(22-25-6-3-2-4-7-25)36(23-26-8-13-27(33)14-9-26)31(37)19-12-24-10-17-29(18-11-24)42(39,40)35-28-15-16-28/h2-4,6-11,13-14,17-18,28,30,35H,5,12,15-16,19-23H2,1H3,(H,34,38)/t30-/m1/s1. The molecule has 1 saturated carbocycles. The first-order chi connectivity index (χ1) is 20.2. The molecule has 0 radical (unpaired) electrons. The number of hydrogen-bond acceptors (Lipinski definition) is 5. The molecule has 8 nitrogen and oxygen atoms in total. The van der Waals surface area contributed by atoms with Gasteiger partial charge in [0, 0.05) is 50.7 Å². The van der Waals surface area contributed by atoms with E-state index in [0.29, 0.717) is 37.4 Å². The molecule has 1 atom stereocenters. The van der Waals surface area contributed by atoms with E-state index < -0.39 is 16.1 Å². The molecule has 0 unspecified atom stereocenters. The summed E-state index contributed by atoms with van der Waals surface area (Å²) < 4.78 is 32.8. The van der Waals surface area contributed by atoms with Crippen LogP contribution in [0.15, 0.2) is 83.8 Å². The van der Waals surface area contributed by atoms with Crippen molar-refractivity contribution in [3.05, 3.63) is 101 Å². The van der Waals surface area contributed by atoms with E-state index in [1.165, 1.54) is 0 Å². The van der Waals surface area contributed by atoms with Gasteiger partial charge < -0.3 is 15.0 Å². The minimum Gasteiger partial charge on any atom is -0.385 e. The van der Waals surface area contributed by atoms with Crippen LogP contribution in [0.3, 0.4) is 0 Å². The van der Waals surface area contributed by atoms with E-state index in [0.717, 1.165) is 29.5 Å². The van der Waals surface area contributed by atoms with Gasteiger partial charge in [-0.3, -0.25) is 9.59 Å². The van der Waals surface area contributed by atoms with Crippen molar-refractivity contribution in [1.82, 2.24) is 14.9 Å². The quantitative estimate of drug-likeness (QED) is 0.232. The monoisotopic (exact) mass is 611 g/mol. The highest BCUT2D eigenvalue weighted by atomic mass is 35.5. The summed E-state index contributed by atoms with van der Waals surface area (Å²) in [7, 11) is -1.93. The number of hydrogen-bond donors (Lipinski definition) is 2. The zero-order valence-electron chi connectivity index (χ0n) is 23.8. The van der Waals surface area contributed by atoms with E-state index in [4.69, 9.17) is 16.3 Å². The van der Waals surface area contributed by atoms with Gasteiger partial charge in [-0.1, -0.05) is 66.2 Å². The van der Waals surface area contributed by atoms with Crippen molar-refractivity contribution in [1.29, 1.82) is 0 Å². The number of amides is 2. The fourth-order valence-corrected chi connectivity index (χ4v) is 6.04. The topological polar surface area (TPSA) is 105 Å². The van der Waals surface area contributed by atoms with E-state index in [1.54, 1.807) is 48.4 Å². The maximum Gasteiger partial charge on any atom is 0.243 e. The Labute approximate surface area is 253 Å². The van der Waals surface area contributed by atoms with Gasteiger partial charge >= 0.3 is 0 Å². The Bertz CT molecular complexity index is 1410. The number of halogens is 1. The molecular formula is C32H38ClN3O5S. The van der Waals surface area contributed by atoms with Crippen LogP contribution in [-0.4, -0.2) is 57.5 Å². The van der Waals surface area contributed by atoms with Crippen LogP contribution in [0.25, 0.3) is 0 Å². The Hall–Kier alpha value is -3.24. The number of aryl methyl sites for hydroxylation is 1. The summed E-state index contributed by atoms with van der Waals surface area (Å²) in [5.41, 5.74) is 2.64. The van der Waals surface area contributed by atoms with E-state index >= 15 is 0 Å². The second kappa shape index (κ2) is 15.3. The molecule has 224 valence electrons. The number of sulfonamides is 1. The average Bonchev–Trinajstić information content (AvgIpc) is 3.81. The fourth-order valence-electron chi connectivity index (χ4n) is 4.61. The minimum absolute atomic E-state index is 0.0277. The van der Waals surface area contributed by atoms with Gasteiger partial charge in [-0.25, -0.2) is 13.1 Å². The van der Waals surface area contributed by atoms with Gasteiger partial charge in [-0.05, 0) is 66.6 Å². The predicted octanol–water partition coefficient (Wildman–Crippen LogP) is 4.51.